The van der Waals surface area contributed by atoms with Crippen molar-refractivity contribution in [2.75, 3.05) is 5.75 Å². The Balaban J connectivity index is 1.53. The van der Waals surface area contributed by atoms with E-state index >= 15 is 0 Å². The molecule has 1 aromatic heterocycles. The minimum absolute atomic E-state index is 0.0886. The third-order valence-corrected chi connectivity index (χ3v) is 5.76. The number of nitrogens with zero attached hydrogens (tertiary/aromatic N) is 2. The van der Waals surface area contributed by atoms with Crippen LogP contribution in [0.1, 0.15) is 38.3 Å². The molecule has 2 atom stereocenters. The van der Waals surface area contributed by atoms with Crippen LogP contribution in [-0.4, -0.2) is 33.7 Å². The van der Waals surface area contributed by atoms with Crippen LogP contribution < -0.4 is 10.6 Å². The third kappa shape index (κ3) is 5.79. The number of carbonyl (C=O) groups excluding carboxylic acids is 2. The Morgan fingerprint density at radius 2 is 1.89 bits per heavy atom. The van der Waals surface area contributed by atoms with Gasteiger partial charge in [-0.1, -0.05) is 61.9 Å². The van der Waals surface area contributed by atoms with E-state index in [1.807, 2.05) is 43.3 Å². The quantitative estimate of drug-likeness (QED) is 0.588. The van der Waals surface area contributed by atoms with Gasteiger partial charge in [0.05, 0.1) is 11.4 Å². The summed E-state index contributed by atoms with van der Waals surface area (Å²) in [6.45, 7) is 4.04. The standard InChI is InChI=1S/C21H26N4O2S/c1-14-8-6-7-11-17(14)23-20(27)25-19(26)13-28-21-22-15(2)12-18(24-21)16-9-4-3-5-10-16/h3-5,9-10,12,14,17H,6-8,11,13H2,1-2H3,(H2,23,25,26,27)/t14-,17-/m1/s1. The van der Waals surface area contributed by atoms with Gasteiger partial charge in [0.15, 0.2) is 5.16 Å². The Hall–Kier alpha value is -2.41. The first kappa shape index (κ1) is 20.3. The first-order chi connectivity index (χ1) is 13.5. The number of aryl methyl sites for hydroxylation is 1. The van der Waals surface area contributed by atoms with Crippen molar-refractivity contribution in [1.29, 1.82) is 0 Å². The monoisotopic (exact) mass is 398 g/mol. The van der Waals surface area contributed by atoms with Gasteiger partial charge in [-0.15, -0.1) is 0 Å². The van der Waals surface area contributed by atoms with Gasteiger partial charge in [0.1, 0.15) is 0 Å². The van der Waals surface area contributed by atoms with Crippen LogP contribution in [0.25, 0.3) is 11.3 Å². The van der Waals surface area contributed by atoms with E-state index in [0.29, 0.717) is 11.1 Å². The summed E-state index contributed by atoms with van der Waals surface area (Å²) in [5.74, 6) is 0.184. The molecule has 2 aromatic rings. The molecule has 7 heteroatoms. The zero-order valence-electron chi connectivity index (χ0n) is 16.3. The average Bonchev–Trinajstić information content (AvgIpc) is 2.68. The van der Waals surface area contributed by atoms with E-state index in [9.17, 15) is 9.59 Å². The molecule has 0 bridgehead atoms. The molecule has 1 aromatic carbocycles. The van der Waals surface area contributed by atoms with Crippen LogP contribution in [-0.2, 0) is 4.79 Å². The highest BCUT2D eigenvalue weighted by Crippen LogP contribution is 2.24. The van der Waals surface area contributed by atoms with Gasteiger partial charge in [0, 0.05) is 17.3 Å². The van der Waals surface area contributed by atoms with E-state index in [1.165, 1.54) is 18.2 Å². The summed E-state index contributed by atoms with van der Waals surface area (Å²) in [5, 5.41) is 5.86. The highest BCUT2D eigenvalue weighted by molar-refractivity contribution is 7.99. The van der Waals surface area contributed by atoms with Crippen molar-refractivity contribution in [3.8, 4) is 11.3 Å². The van der Waals surface area contributed by atoms with Crippen molar-refractivity contribution < 1.29 is 9.59 Å². The van der Waals surface area contributed by atoms with Crippen LogP contribution >= 0.6 is 11.8 Å². The Morgan fingerprint density at radius 1 is 1.14 bits per heavy atom. The average molecular weight is 399 g/mol. The van der Waals surface area contributed by atoms with Gasteiger partial charge in [0.2, 0.25) is 5.91 Å². The Labute approximate surface area is 169 Å². The van der Waals surface area contributed by atoms with Gasteiger partial charge < -0.3 is 5.32 Å². The van der Waals surface area contributed by atoms with E-state index in [0.717, 1.165) is 36.2 Å². The fraction of sp³-hybridized carbons (Fsp3) is 0.429. The molecule has 0 radical (unpaired) electrons. The molecule has 6 nitrogen and oxygen atoms in total. The second-order valence-electron chi connectivity index (χ2n) is 7.22. The van der Waals surface area contributed by atoms with E-state index in [1.54, 1.807) is 0 Å². The van der Waals surface area contributed by atoms with E-state index in [-0.39, 0.29) is 17.7 Å². The third-order valence-electron chi connectivity index (χ3n) is 4.92. The Kier molecular flexibility index (Phi) is 7.03. The SMILES string of the molecule is Cc1cc(-c2ccccc2)nc(SCC(=O)NC(=O)N[C@@H]2CCCC[C@H]2C)n1. The molecular formula is C21H26N4O2S. The number of imide groups is 1. The number of carbonyl (C=O) groups is 2. The van der Waals surface area contributed by atoms with Gasteiger partial charge in [0.25, 0.3) is 0 Å². The van der Waals surface area contributed by atoms with Crippen LogP contribution in [0.2, 0.25) is 0 Å². The number of urea groups is 1. The summed E-state index contributed by atoms with van der Waals surface area (Å²) >= 11 is 1.23. The Morgan fingerprint density at radius 3 is 2.64 bits per heavy atom. The van der Waals surface area contributed by atoms with Crippen molar-refractivity contribution >= 4 is 23.7 Å². The van der Waals surface area contributed by atoms with E-state index in [4.69, 9.17) is 0 Å². The van der Waals surface area contributed by atoms with Gasteiger partial charge >= 0.3 is 6.03 Å². The smallest absolute Gasteiger partial charge is 0.321 e. The Bertz CT molecular complexity index is 828. The molecule has 1 fully saturated rings. The van der Waals surface area contributed by atoms with Crippen LogP contribution in [0.15, 0.2) is 41.6 Å². The zero-order chi connectivity index (χ0) is 19.9. The van der Waals surface area contributed by atoms with E-state index < -0.39 is 6.03 Å². The summed E-state index contributed by atoms with van der Waals surface area (Å²) in [6, 6.07) is 11.5. The number of rotatable bonds is 5. The maximum absolute atomic E-state index is 12.1. The van der Waals surface area contributed by atoms with Crippen LogP contribution in [0.5, 0.6) is 0 Å². The highest BCUT2D eigenvalue weighted by atomic mass is 32.2. The molecule has 0 aliphatic heterocycles. The lowest BCUT2D eigenvalue weighted by Crippen LogP contribution is -2.48. The molecule has 0 saturated heterocycles. The minimum atomic E-state index is -0.417. The fourth-order valence-electron chi connectivity index (χ4n) is 3.39. The normalized spacial score (nSPS) is 19.1. The number of thioether (sulfide) groups is 1. The molecule has 148 valence electrons. The number of hydrogen-bond acceptors (Lipinski definition) is 5. The number of hydrogen-bond donors (Lipinski definition) is 2. The molecule has 1 heterocycles. The summed E-state index contributed by atoms with van der Waals surface area (Å²) in [7, 11) is 0. The zero-order valence-corrected chi connectivity index (χ0v) is 17.1. The highest BCUT2D eigenvalue weighted by Gasteiger charge is 2.23. The summed E-state index contributed by atoms with van der Waals surface area (Å²) < 4.78 is 0. The number of nitrogens with one attached hydrogen (secondary N) is 2. The lowest BCUT2D eigenvalue weighted by atomic mass is 9.86. The van der Waals surface area contributed by atoms with Crippen molar-refractivity contribution in [2.24, 2.45) is 5.92 Å². The number of amides is 3. The molecule has 1 saturated carbocycles. The molecule has 3 amide bonds. The van der Waals surface area contributed by atoms with Crippen LogP contribution in [0, 0.1) is 12.8 Å². The predicted octanol–water partition coefficient (Wildman–Crippen LogP) is 3.95. The van der Waals surface area contributed by atoms with Gasteiger partial charge in [-0.3, -0.25) is 10.1 Å². The van der Waals surface area contributed by atoms with Crippen molar-refractivity contribution in [3.63, 3.8) is 0 Å². The summed E-state index contributed by atoms with van der Waals surface area (Å²) in [4.78, 5) is 33.1. The van der Waals surface area contributed by atoms with Crippen LogP contribution in [0.4, 0.5) is 4.79 Å². The molecular weight excluding hydrogens is 372 g/mol. The molecule has 2 N–H and O–H groups in total. The summed E-state index contributed by atoms with van der Waals surface area (Å²) in [6.07, 6.45) is 4.41. The van der Waals surface area contributed by atoms with Gasteiger partial charge in [-0.2, -0.15) is 0 Å². The van der Waals surface area contributed by atoms with Crippen molar-refractivity contribution in [2.45, 2.75) is 50.7 Å². The second-order valence-corrected chi connectivity index (χ2v) is 8.16. The maximum atomic E-state index is 12.1. The molecule has 0 unspecified atom stereocenters. The molecule has 1 aliphatic rings. The molecule has 0 spiro atoms. The van der Waals surface area contributed by atoms with Crippen molar-refractivity contribution in [3.05, 3.63) is 42.1 Å². The van der Waals surface area contributed by atoms with Crippen molar-refractivity contribution in [1.82, 2.24) is 20.6 Å². The molecule has 3 rings (SSSR count). The van der Waals surface area contributed by atoms with Crippen LogP contribution in [0.3, 0.4) is 0 Å². The first-order valence-electron chi connectivity index (χ1n) is 9.65. The second kappa shape index (κ2) is 9.68. The van der Waals surface area contributed by atoms with E-state index in [2.05, 4.69) is 27.5 Å². The lowest BCUT2D eigenvalue weighted by molar-refractivity contribution is -0.117. The summed E-state index contributed by atoms with van der Waals surface area (Å²) in [5.41, 5.74) is 2.65. The maximum Gasteiger partial charge on any atom is 0.321 e. The minimum Gasteiger partial charge on any atom is -0.335 e. The molecule has 28 heavy (non-hydrogen) atoms. The molecule has 1 aliphatic carbocycles. The van der Waals surface area contributed by atoms with Gasteiger partial charge in [-0.05, 0) is 31.7 Å². The topological polar surface area (TPSA) is 84.0 Å². The number of aromatic nitrogens is 2. The first-order valence-corrected chi connectivity index (χ1v) is 10.6. The lowest BCUT2D eigenvalue weighted by Gasteiger charge is -2.29. The number of benzene rings is 1. The predicted molar refractivity (Wildman–Crippen MR) is 111 cm³/mol. The van der Waals surface area contributed by atoms with Gasteiger partial charge in [-0.25, -0.2) is 14.8 Å². The fourth-order valence-corrected chi connectivity index (χ4v) is 4.09. The largest absolute Gasteiger partial charge is 0.335 e.